The predicted octanol–water partition coefficient (Wildman–Crippen LogP) is 3.54. The van der Waals surface area contributed by atoms with Crippen molar-refractivity contribution in [2.24, 2.45) is 0 Å². The number of halogens is 1. The van der Waals surface area contributed by atoms with Crippen molar-refractivity contribution >= 4 is 40.6 Å². The molecule has 1 aliphatic rings. The number of piperazine rings is 1. The average Bonchev–Trinajstić information content (AvgIpc) is 2.97. The molecular formula is C15H15ClN2OS. The molecule has 3 rings (SSSR count). The highest BCUT2D eigenvalue weighted by molar-refractivity contribution is 7.12. The number of hydrogen-bond acceptors (Lipinski definition) is 4. The molecule has 0 atom stereocenters. The van der Waals surface area contributed by atoms with Crippen LogP contribution in [0.2, 0.25) is 5.02 Å². The van der Waals surface area contributed by atoms with E-state index in [0.29, 0.717) is 0 Å². The molecule has 1 aromatic carbocycles. The Morgan fingerprint density at radius 1 is 1.10 bits per heavy atom. The van der Waals surface area contributed by atoms with E-state index in [1.54, 1.807) is 0 Å². The summed E-state index contributed by atoms with van der Waals surface area (Å²) in [6.07, 6.45) is 0.911. The van der Waals surface area contributed by atoms with Crippen molar-refractivity contribution in [1.29, 1.82) is 0 Å². The molecular weight excluding hydrogens is 292 g/mol. The molecule has 0 saturated carbocycles. The molecule has 0 spiro atoms. The van der Waals surface area contributed by atoms with Crippen LogP contribution in [-0.4, -0.2) is 32.5 Å². The van der Waals surface area contributed by atoms with Gasteiger partial charge in [-0.15, -0.1) is 11.3 Å². The van der Waals surface area contributed by atoms with Crippen molar-refractivity contribution in [2.45, 2.75) is 0 Å². The highest BCUT2D eigenvalue weighted by Crippen LogP contribution is 2.28. The second kappa shape index (κ2) is 5.85. The molecule has 0 bridgehead atoms. The maximum atomic E-state index is 10.7. The molecule has 20 heavy (non-hydrogen) atoms. The van der Waals surface area contributed by atoms with Gasteiger partial charge in [0.2, 0.25) is 0 Å². The Bertz CT molecular complexity index is 605. The molecule has 0 radical (unpaired) electrons. The summed E-state index contributed by atoms with van der Waals surface area (Å²) in [5.74, 6) is 0. The van der Waals surface area contributed by atoms with Crippen molar-refractivity contribution in [3.05, 3.63) is 45.6 Å². The van der Waals surface area contributed by atoms with Crippen molar-refractivity contribution in [2.75, 3.05) is 36.0 Å². The smallest absolute Gasteiger partial charge is 0.160 e. The largest absolute Gasteiger partial charge is 0.367 e. The minimum atomic E-state index is 0.786. The zero-order chi connectivity index (χ0) is 13.9. The monoisotopic (exact) mass is 306 g/mol. The Morgan fingerprint density at radius 3 is 2.45 bits per heavy atom. The predicted molar refractivity (Wildman–Crippen MR) is 85.6 cm³/mol. The zero-order valence-electron chi connectivity index (χ0n) is 11.0. The fourth-order valence-electron chi connectivity index (χ4n) is 2.48. The van der Waals surface area contributed by atoms with E-state index < -0.39 is 0 Å². The quantitative estimate of drug-likeness (QED) is 0.810. The lowest BCUT2D eigenvalue weighted by molar-refractivity contribution is 0.112. The van der Waals surface area contributed by atoms with E-state index in [4.69, 9.17) is 11.6 Å². The first kappa shape index (κ1) is 13.5. The van der Waals surface area contributed by atoms with Gasteiger partial charge in [0.1, 0.15) is 0 Å². The maximum absolute atomic E-state index is 10.7. The van der Waals surface area contributed by atoms with Gasteiger partial charge in [-0.3, -0.25) is 4.79 Å². The number of para-hydroxylation sites is 1. The first-order valence-corrected chi connectivity index (χ1v) is 7.82. The molecule has 3 nitrogen and oxygen atoms in total. The summed E-state index contributed by atoms with van der Waals surface area (Å²) in [5.41, 5.74) is 2.25. The summed E-state index contributed by atoms with van der Waals surface area (Å²) >= 11 is 7.74. The Morgan fingerprint density at radius 2 is 1.80 bits per heavy atom. The number of aldehydes is 1. The molecule has 1 aromatic heterocycles. The van der Waals surface area contributed by atoms with Gasteiger partial charge in [0.05, 0.1) is 15.6 Å². The minimum absolute atomic E-state index is 0.786. The van der Waals surface area contributed by atoms with Crippen LogP contribution in [0.5, 0.6) is 0 Å². The van der Waals surface area contributed by atoms with Gasteiger partial charge in [-0.1, -0.05) is 23.7 Å². The van der Waals surface area contributed by atoms with Crippen molar-refractivity contribution in [1.82, 2.24) is 0 Å². The van der Waals surface area contributed by atoms with Gasteiger partial charge in [0, 0.05) is 37.2 Å². The van der Waals surface area contributed by atoms with Crippen LogP contribution in [0.15, 0.2) is 35.7 Å². The van der Waals surface area contributed by atoms with Crippen molar-refractivity contribution < 1.29 is 4.79 Å². The van der Waals surface area contributed by atoms with Gasteiger partial charge in [-0.05, 0) is 18.2 Å². The highest BCUT2D eigenvalue weighted by atomic mass is 35.5. The highest BCUT2D eigenvalue weighted by Gasteiger charge is 2.19. The van der Waals surface area contributed by atoms with Crippen LogP contribution in [-0.2, 0) is 0 Å². The van der Waals surface area contributed by atoms with Gasteiger partial charge in [0.25, 0.3) is 0 Å². The Labute approximate surface area is 127 Å². The third kappa shape index (κ3) is 2.67. The third-order valence-corrected chi connectivity index (χ3v) is 4.73. The Kier molecular flexibility index (Phi) is 3.94. The number of rotatable bonds is 3. The standard InChI is InChI=1S/C15H15ClN2OS/c16-14-3-1-2-4-15(14)18-7-5-17(6-8-18)12-9-13(10-19)20-11-12/h1-4,9-11H,5-8H2. The first-order valence-electron chi connectivity index (χ1n) is 6.56. The number of carbonyl (C=O) groups is 1. The molecule has 2 heterocycles. The number of thiophene rings is 1. The summed E-state index contributed by atoms with van der Waals surface area (Å²) in [5, 5.41) is 2.86. The molecule has 1 aliphatic heterocycles. The van der Waals surface area contributed by atoms with Crippen LogP contribution in [0.1, 0.15) is 9.67 Å². The summed E-state index contributed by atoms with van der Waals surface area (Å²) in [6, 6.07) is 9.92. The van der Waals surface area contributed by atoms with E-state index in [1.807, 2.05) is 24.3 Å². The lowest BCUT2D eigenvalue weighted by atomic mass is 10.2. The SMILES string of the molecule is O=Cc1cc(N2CCN(c3ccccc3Cl)CC2)cs1. The lowest BCUT2D eigenvalue weighted by Crippen LogP contribution is -2.46. The molecule has 0 aliphatic carbocycles. The number of hydrogen-bond donors (Lipinski definition) is 0. The van der Waals surface area contributed by atoms with Crippen molar-refractivity contribution in [3.63, 3.8) is 0 Å². The van der Waals surface area contributed by atoms with Gasteiger partial charge < -0.3 is 9.80 Å². The van der Waals surface area contributed by atoms with E-state index in [0.717, 1.165) is 53.7 Å². The van der Waals surface area contributed by atoms with Gasteiger partial charge >= 0.3 is 0 Å². The third-order valence-electron chi connectivity index (χ3n) is 3.56. The fourth-order valence-corrected chi connectivity index (χ4v) is 3.46. The molecule has 0 N–H and O–H groups in total. The maximum Gasteiger partial charge on any atom is 0.160 e. The van der Waals surface area contributed by atoms with Crippen LogP contribution in [0.3, 0.4) is 0 Å². The van der Waals surface area contributed by atoms with Crippen LogP contribution in [0, 0.1) is 0 Å². The second-order valence-electron chi connectivity index (χ2n) is 4.75. The molecule has 2 aromatic rings. The van der Waals surface area contributed by atoms with Crippen LogP contribution < -0.4 is 9.80 Å². The van der Waals surface area contributed by atoms with Gasteiger partial charge in [-0.25, -0.2) is 0 Å². The normalized spacial score (nSPS) is 15.4. The van der Waals surface area contributed by atoms with Crippen LogP contribution >= 0.6 is 22.9 Å². The summed E-state index contributed by atoms with van der Waals surface area (Å²) in [7, 11) is 0. The number of benzene rings is 1. The molecule has 0 unspecified atom stereocenters. The second-order valence-corrected chi connectivity index (χ2v) is 6.10. The van der Waals surface area contributed by atoms with E-state index in [9.17, 15) is 4.79 Å². The molecule has 5 heteroatoms. The Balaban J connectivity index is 1.68. The van der Waals surface area contributed by atoms with Crippen molar-refractivity contribution in [3.8, 4) is 0 Å². The lowest BCUT2D eigenvalue weighted by Gasteiger charge is -2.37. The molecule has 1 saturated heterocycles. The van der Waals surface area contributed by atoms with E-state index in [1.165, 1.54) is 11.3 Å². The van der Waals surface area contributed by atoms with Crippen LogP contribution in [0.25, 0.3) is 0 Å². The Hall–Kier alpha value is -1.52. The van der Waals surface area contributed by atoms with Gasteiger partial charge in [0.15, 0.2) is 6.29 Å². The minimum Gasteiger partial charge on any atom is -0.367 e. The van der Waals surface area contributed by atoms with E-state index in [-0.39, 0.29) is 0 Å². The molecule has 1 fully saturated rings. The van der Waals surface area contributed by atoms with E-state index in [2.05, 4.69) is 21.2 Å². The number of carbonyl (C=O) groups excluding carboxylic acids is 1. The number of nitrogens with zero attached hydrogens (tertiary/aromatic N) is 2. The van der Waals surface area contributed by atoms with Crippen LogP contribution in [0.4, 0.5) is 11.4 Å². The summed E-state index contributed by atoms with van der Waals surface area (Å²) < 4.78 is 0. The number of anilines is 2. The zero-order valence-corrected chi connectivity index (χ0v) is 12.5. The fraction of sp³-hybridized carbons (Fsp3) is 0.267. The van der Waals surface area contributed by atoms with Gasteiger partial charge in [-0.2, -0.15) is 0 Å². The summed E-state index contributed by atoms with van der Waals surface area (Å²) in [6.45, 7) is 3.77. The topological polar surface area (TPSA) is 23.6 Å². The summed E-state index contributed by atoms with van der Waals surface area (Å²) in [4.78, 5) is 16.2. The molecule has 104 valence electrons. The average molecular weight is 307 g/mol. The molecule has 0 amide bonds. The van der Waals surface area contributed by atoms with E-state index >= 15 is 0 Å². The first-order chi connectivity index (χ1) is 9.78.